The second kappa shape index (κ2) is 15.1. The Morgan fingerprint density at radius 1 is 0.953 bits per heavy atom. The zero-order valence-electron chi connectivity index (χ0n) is 25.4. The highest BCUT2D eigenvalue weighted by atomic mass is 16.7. The third-order valence-electron chi connectivity index (χ3n) is 6.59. The summed E-state index contributed by atoms with van der Waals surface area (Å²) in [5, 5.41) is 14.3. The van der Waals surface area contributed by atoms with Crippen LogP contribution >= 0.6 is 0 Å². The molecular weight excluding hydrogens is 550 g/mol. The number of aromatic nitrogens is 1. The number of nitrogens with zero attached hydrogens (tertiary/aromatic N) is 3. The molecule has 2 aromatic carbocycles. The first kappa shape index (κ1) is 33.0. The molecule has 1 atom stereocenters. The molecule has 0 spiro atoms. The molecule has 0 aliphatic heterocycles. The quantitative estimate of drug-likeness (QED) is 0.0979. The SMILES string of the molecule is CC(C)[N@@+](CCCCc1ccccc1)(NC(=O)c1ccccc1NC(=O)OCc1ccccn1)N(O)C(=O)OC(C)(C)C. The smallest absolute Gasteiger partial charge is 0.443 e. The molecule has 0 radical (unpaired) electrons. The Hall–Kier alpha value is -4.48. The lowest BCUT2D eigenvalue weighted by molar-refractivity contribution is -1.10. The minimum absolute atomic E-state index is 0.0489. The predicted octanol–water partition coefficient (Wildman–Crippen LogP) is 6.26. The van der Waals surface area contributed by atoms with E-state index < -0.39 is 34.4 Å². The molecule has 0 saturated carbocycles. The van der Waals surface area contributed by atoms with Gasteiger partial charge in [-0.05, 0) is 77.3 Å². The van der Waals surface area contributed by atoms with E-state index in [1.807, 2.05) is 30.3 Å². The first-order valence-corrected chi connectivity index (χ1v) is 14.3. The molecular formula is C32H42N5O6+. The summed E-state index contributed by atoms with van der Waals surface area (Å²) in [6.45, 7) is 8.77. The molecule has 3 amide bonds. The van der Waals surface area contributed by atoms with Crippen LogP contribution < -0.4 is 10.7 Å². The number of hydroxylamine groups is 1. The molecule has 3 N–H and O–H groups in total. The van der Waals surface area contributed by atoms with Crippen molar-refractivity contribution in [2.24, 2.45) is 0 Å². The van der Waals surface area contributed by atoms with Crippen LogP contribution in [-0.2, 0) is 22.5 Å². The molecule has 3 aromatic rings. The Bertz CT molecular complexity index is 1350. The molecule has 0 fully saturated rings. The van der Waals surface area contributed by atoms with E-state index in [-0.39, 0.29) is 24.4 Å². The van der Waals surface area contributed by atoms with Crippen molar-refractivity contribution in [3.8, 4) is 0 Å². The van der Waals surface area contributed by atoms with Crippen molar-refractivity contribution in [3.63, 3.8) is 0 Å². The number of pyridine rings is 1. The van der Waals surface area contributed by atoms with Crippen LogP contribution in [0.1, 0.15) is 69.1 Å². The third kappa shape index (κ3) is 9.79. The molecule has 0 aliphatic carbocycles. The van der Waals surface area contributed by atoms with Gasteiger partial charge in [0.25, 0.3) is 5.91 Å². The van der Waals surface area contributed by atoms with Gasteiger partial charge in [-0.3, -0.25) is 15.1 Å². The summed E-state index contributed by atoms with van der Waals surface area (Å²) in [5.74, 6) is -0.625. The maximum Gasteiger partial charge on any atom is 0.484 e. The monoisotopic (exact) mass is 592 g/mol. The van der Waals surface area contributed by atoms with Gasteiger partial charge in [-0.15, -0.1) is 0 Å². The van der Waals surface area contributed by atoms with Gasteiger partial charge in [0.05, 0.1) is 16.9 Å². The van der Waals surface area contributed by atoms with Gasteiger partial charge in [-0.2, -0.15) is 5.43 Å². The van der Waals surface area contributed by atoms with Crippen molar-refractivity contribution in [1.29, 1.82) is 0 Å². The van der Waals surface area contributed by atoms with Crippen molar-refractivity contribution in [3.05, 3.63) is 95.8 Å². The second-order valence-corrected chi connectivity index (χ2v) is 11.4. The van der Waals surface area contributed by atoms with Crippen LogP contribution in [0.2, 0.25) is 0 Å². The van der Waals surface area contributed by atoms with Crippen molar-refractivity contribution in [2.45, 2.75) is 72.1 Å². The number of benzene rings is 2. The number of rotatable bonds is 12. The molecule has 1 heterocycles. The largest absolute Gasteiger partial charge is 0.484 e. The number of hydrogen-bond donors (Lipinski definition) is 3. The highest BCUT2D eigenvalue weighted by Crippen LogP contribution is 2.23. The minimum Gasteiger partial charge on any atom is -0.443 e. The van der Waals surface area contributed by atoms with Crippen molar-refractivity contribution < 1.29 is 33.8 Å². The Labute approximate surface area is 252 Å². The number of quaternary nitrogens is 1. The van der Waals surface area contributed by atoms with Crippen LogP contribution in [0.25, 0.3) is 0 Å². The number of para-hydroxylation sites is 1. The number of aryl methyl sites for hydroxylation is 1. The van der Waals surface area contributed by atoms with E-state index in [1.54, 1.807) is 77.2 Å². The number of amides is 3. The number of unbranched alkanes of at least 4 members (excludes halogenated alkanes) is 1. The van der Waals surface area contributed by atoms with Gasteiger partial charge < -0.3 is 9.47 Å². The Balaban J connectivity index is 1.82. The van der Waals surface area contributed by atoms with E-state index in [2.05, 4.69) is 15.7 Å². The van der Waals surface area contributed by atoms with E-state index in [0.29, 0.717) is 17.3 Å². The molecule has 11 heteroatoms. The summed E-state index contributed by atoms with van der Waals surface area (Å²) in [4.78, 5) is 43.6. The lowest BCUT2D eigenvalue weighted by Crippen LogP contribution is -2.73. The summed E-state index contributed by atoms with van der Waals surface area (Å²) in [6.07, 6.45) is 1.92. The summed E-state index contributed by atoms with van der Waals surface area (Å²) in [5.41, 5.74) is 4.01. The highest BCUT2D eigenvalue weighted by Gasteiger charge is 2.46. The standard InChI is InChI=1S/C32H41N5O6/c1-24(2)37(36(41)31(40)43-32(3,4)5,22-14-12-17-25-15-7-6-8-16-25)35-29(38)27-19-9-10-20-28(27)34-30(39)42-23-26-18-11-13-21-33-26/h6-11,13,15-16,18-21,24,41H,12,14,17,22-23H2,1-5H3,(H-,34,35,38,39)/p+1/t37-/m0/s1. The van der Waals surface area contributed by atoms with Gasteiger partial charge in [-0.25, -0.2) is 14.8 Å². The average molecular weight is 593 g/mol. The van der Waals surface area contributed by atoms with Crippen LogP contribution in [0.5, 0.6) is 0 Å². The molecule has 1 aromatic heterocycles. The number of ether oxygens (including phenoxy) is 2. The Morgan fingerprint density at radius 2 is 1.63 bits per heavy atom. The lowest BCUT2D eigenvalue weighted by atomic mass is 10.1. The molecule has 11 nitrogen and oxygen atoms in total. The normalized spacial score (nSPS) is 12.6. The number of anilines is 1. The van der Waals surface area contributed by atoms with Gasteiger partial charge in [0, 0.05) is 17.8 Å². The molecule has 3 rings (SSSR count). The second-order valence-electron chi connectivity index (χ2n) is 11.4. The summed E-state index contributed by atoms with van der Waals surface area (Å²) in [6, 6.07) is 21.2. The van der Waals surface area contributed by atoms with Crippen molar-refractivity contribution in [1.82, 2.24) is 15.6 Å². The lowest BCUT2D eigenvalue weighted by Gasteiger charge is -2.43. The molecule has 0 aliphatic rings. The predicted molar refractivity (Wildman–Crippen MR) is 161 cm³/mol. The van der Waals surface area contributed by atoms with E-state index in [9.17, 15) is 19.6 Å². The van der Waals surface area contributed by atoms with Gasteiger partial charge in [0.2, 0.25) is 0 Å². The summed E-state index contributed by atoms with van der Waals surface area (Å²) in [7, 11) is 0. The zero-order valence-corrected chi connectivity index (χ0v) is 25.4. The number of carbonyl (C=O) groups is 3. The van der Waals surface area contributed by atoms with E-state index in [4.69, 9.17) is 9.47 Å². The molecule has 0 unspecified atom stereocenters. The molecule has 0 bridgehead atoms. The number of hydrogen-bond acceptors (Lipinski definition) is 7. The molecule has 230 valence electrons. The maximum atomic E-state index is 13.8. The van der Waals surface area contributed by atoms with Crippen LogP contribution in [0, 0.1) is 0 Å². The first-order valence-electron chi connectivity index (χ1n) is 14.3. The Morgan fingerprint density at radius 3 is 2.28 bits per heavy atom. The van der Waals surface area contributed by atoms with Gasteiger partial charge in [0.1, 0.15) is 24.8 Å². The number of carbonyl (C=O) groups excluding carboxylic acids is 3. The van der Waals surface area contributed by atoms with Crippen LogP contribution in [0.4, 0.5) is 15.3 Å². The van der Waals surface area contributed by atoms with E-state index >= 15 is 0 Å². The third-order valence-corrected chi connectivity index (χ3v) is 6.59. The molecule has 43 heavy (non-hydrogen) atoms. The van der Waals surface area contributed by atoms with Crippen LogP contribution in [0.15, 0.2) is 79.0 Å². The van der Waals surface area contributed by atoms with Crippen LogP contribution in [-0.4, -0.2) is 56.3 Å². The summed E-state index contributed by atoms with van der Waals surface area (Å²) < 4.78 is 10.1. The van der Waals surface area contributed by atoms with Gasteiger partial charge in [0.15, 0.2) is 0 Å². The first-order chi connectivity index (χ1) is 20.4. The van der Waals surface area contributed by atoms with Gasteiger partial charge in [-0.1, -0.05) is 53.2 Å². The minimum atomic E-state index is -1.01. The van der Waals surface area contributed by atoms with E-state index in [1.165, 1.54) is 6.07 Å². The molecule has 0 saturated heterocycles. The Kier molecular flexibility index (Phi) is 11.6. The fourth-order valence-electron chi connectivity index (χ4n) is 4.37. The average Bonchev–Trinajstić information content (AvgIpc) is 2.97. The fourth-order valence-corrected chi connectivity index (χ4v) is 4.37. The van der Waals surface area contributed by atoms with E-state index in [0.717, 1.165) is 18.4 Å². The highest BCUT2D eigenvalue weighted by molar-refractivity contribution is 6.02. The summed E-state index contributed by atoms with van der Waals surface area (Å²) >= 11 is 0. The topological polar surface area (TPSA) is 130 Å². The van der Waals surface area contributed by atoms with Gasteiger partial charge >= 0.3 is 12.2 Å². The van der Waals surface area contributed by atoms with Crippen molar-refractivity contribution in [2.75, 3.05) is 11.9 Å². The zero-order chi connectivity index (χ0) is 31.5. The number of nitrogens with one attached hydrogen (secondary N) is 2. The fraction of sp³-hybridized carbons (Fsp3) is 0.375. The van der Waals surface area contributed by atoms with Crippen molar-refractivity contribution >= 4 is 23.8 Å². The maximum absolute atomic E-state index is 13.8. The van der Waals surface area contributed by atoms with Crippen LogP contribution in [0.3, 0.4) is 0 Å².